The Morgan fingerprint density at radius 1 is 0.795 bits per heavy atom. The Morgan fingerprint density at radius 3 is 1.51 bits per heavy atom. The zero-order valence-electron chi connectivity index (χ0n) is 20.8. The van der Waals surface area contributed by atoms with Gasteiger partial charge in [0.1, 0.15) is 59.6 Å². The van der Waals surface area contributed by atoms with E-state index in [1.165, 1.54) is 26.5 Å². The van der Waals surface area contributed by atoms with Crippen LogP contribution in [0.2, 0.25) is 0 Å². The first-order valence-electron chi connectivity index (χ1n) is 11.8. The van der Waals surface area contributed by atoms with Gasteiger partial charge in [0, 0.05) is 14.1 Å². The molecular formula is C20H30N8O10S. The number of hydrogen-bond donors (Lipinski definition) is 8. The third kappa shape index (κ3) is 5.62. The van der Waals surface area contributed by atoms with Crippen molar-refractivity contribution in [2.24, 2.45) is 0 Å². The van der Waals surface area contributed by atoms with E-state index in [1.807, 2.05) is 0 Å². The molecule has 2 aliphatic heterocycles. The molecule has 2 aromatic heterocycles. The zero-order chi connectivity index (χ0) is 28.4. The van der Waals surface area contributed by atoms with E-state index in [0.717, 1.165) is 21.1 Å². The largest absolute Gasteiger partial charge is 0.394 e. The molecule has 2 aromatic rings. The van der Waals surface area contributed by atoms with Crippen LogP contribution in [0.4, 0.5) is 0 Å². The molecule has 0 spiro atoms. The molecule has 19 heteroatoms. The maximum absolute atomic E-state index is 11.9. The number of rotatable bonds is 8. The van der Waals surface area contributed by atoms with Crippen molar-refractivity contribution < 1.29 is 49.7 Å². The van der Waals surface area contributed by atoms with Crippen LogP contribution < -0.4 is 10.6 Å². The number of amides is 2. The van der Waals surface area contributed by atoms with Gasteiger partial charge in [0.2, 0.25) is 0 Å². The Kier molecular flexibility index (Phi) is 9.14. The predicted octanol–water partition coefficient (Wildman–Crippen LogP) is -5.02. The van der Waals surface area contributed by atoms with E-state index in [-0.39, 0.29) is 11.4 Å². The molecule has 39 heavy (non-hydrogen) atoms. The number of thioether (sulfide) groups is 1. The fraction of sp³-hybridized carbons (Fsp3) is 0.700. The molecule has 216 valence electrons. The SMILES string of the molecule is CNC(=O)c1cn([C@H]2[C@@H](O)[C@@H](CO)O[C@@H](S[C@@H]3O[C@H](CO)[C@H](O)[C@H](n4cc(C(=O)NC)nn4)[C@H]3O)[C@@H]2O)nn1. The molecule has 10 atom stereocenters. The van der Waals surface area contributed by atoms with Crippen molar-refractivity contribution in [1.29, 1.82) is 0 Å². The molecule has 0 radical (unpaired) electrons. The molecule has 18 nitrogen and oxygen atoms in total. The number of aromatic nitrogens is 6. The van der Waals surface area contributed by atoms with Crippen molar-refractivity contribution in [2.75, 3.05) is 27.3 Å². The fourth-order valence-electron chi connectivity index (χ4n) is 4.43. The molecule has 2 amide bonds. The number of hydrogen-bond acceptors (Lipinski definition) is 15. The van der Waals surface area contributed by atoms with E-state index < -0.39 is 84.6 Å². The Balaban J connectivity index is 1.59. The summed E-state index contributed by atoms with van der Waals surface area (Å²) in [4.78, 5) is 23.8. The third-order valence-corrected chi connectivity index (χ3v) is 7.83. The van der Waals surface area contributed by atoms with Crippen LogP contribution in [-0.2, 0) is 9.47 Å². The van der Waals surface area contributed by atoms with Gasteiger partial charge in [-0.3, -0.25) is 9.59 Å². The smallest absolute Gasteiger partial charge is 0.273 e. The first-order chi connectivity index (χ1) is 18.6. The molecule has 0 aromatic carbocycles. The number of nitrogens with one attached hydrogen (secondary N) is 2. The van der Waals surface area contributed by atoms with Gasteiger partial charge in [-0.2, -0.15) is 0 Å². The highest BCUT2D eigenvalue weighted by Gasteiger charge is 2.51. The van der Waals surface area contributed by atoms with E-state index in [9.17, 15) is 40.2 Å². The Morgan fingerprint density at radius 2 is 1.18 bits per heavy atom. The number of aliphatic hydroxyl groups excluding tert-OH is 6. The average Bonchev–Trinajstić information content (AvgIpc) is 3.61. The Bertz CT molecular complexity index is 1070. The molecule has 4 heterocycles. The van der Waals surface area contributed by atoms with Crippen LogP contribution in [0.1, 0.15) is 33.1 Å². The minimum absolute atomic E-state index is 0.0780. The number of aliphatic hydroxyl groups is 6. The number of carbonyl (C=O) groups is 2. The van der Waals surface area contributed by atoms with Crippen LogP contribution in [0.5, 0.6) is 0 Å². The summed E-state index contributed by atoms with van der Waals surface area (Å²) in [6.07, 6.45) is -5.94. The molecule has 8 N–H and O–H groups in total. The lowest BCUT2D eigenvalue weighted by Crippen LogP contribution is -2.58. The standard InChI is InChI=1S/C20H30N8O10S/c1-21-17(35)7-3-27(25-23-7)11-13(31)9(5-29)37-19(15(11)33)39-20-16(34)12(14(32)10(6-30)38-20)28-4-8(24-26-28)18(36)22-2/h3-4,9-16,19-20,29-34H,5-6H2,1-2H3,(H,21,35)(H,22,36)/t9-,10-,11+,12+,13+,14+,15-,16-,19+,20+/m1/s1. The average molecular weight is 575 g/mol. The monoisotopic (exact) mass is 574 g/mol. The predicted molar refractivity (Wildman–Crippen MR) is 128 cm³/mol. The summed E-state index contributed by atoms with van der Waals surface area (Å²) in [7, 11) is 2.79. The maximum Gasteiger partial charge on any atom is 0.273 e. The molecule has 2 aliphatic rings. The van der Waals surface area contributed by atoms with E-state index in [0.29, 0.717) is 0 Å². The van der Waals surface area contributed by atoms with Crippen LogP contribution in [-0.4, -0.2) is 147 Å². The van der Waals surface area contributed by atoms with Gasteiger partial charge in [-0.15, -0.1) is 10.2 Å². The van der Waals surface area contributed by atoms with Gasteiger partial charge in [0.05, 0.1) is 25.6 Å². The van der Waals surface area contributed by atoms with Crippen LogP contribution in [0.15, 0.2) is 12.4 Å². The highest BCUT2D eigenvalue weighted by atomic mass is 32.2. The van der Waals surface area contributed by atoms with E-state index in [4.69, 9.17) is 9.47 Å². The summed E-state index contributed by atoms with van der Waals surface area (Å²) in [5.41, 5.74) is -2.64. The first-order valence-corrected chi connectivity index (χ1v) is 12.8. The summed E-state index contributed by atoms with van der Waals surface area (Å²) in [6, 6.07) is -2.44. The summed E-state index contributed by atoms with van der Waals surface area (Å²) in [5, 5.41) is 83.3. The summed E-state index contributed by atoms with van der Waals surface area (Å²) >= 11 is 0.762. The molecule has 2 saturated heterocycles. The second-order valence-electron chi connectivity index (χ2n) is 8.86. The molecule has 0 aliphatic carbocycles. The minimum Gasteiger partial charge on any atom is -0.394 e. The second-order valence-corrected chi connectivity index (χ2v) is 10.1. The second kappa shape index (κ2) is 12.2. The van der Waals surface area contributed by atoms with Gasteiger partial charge in [0.15, 0.2) is 11.4 Å². The van der Waals surface area contributed by atoms with Crippen LogP contribution in [0, 0.1) is 0 Å². The molecule has 0 unspecified atom stereocenters. The lowest BCUT2D eigenvalue weighted by atomic mass is 9.97. The minimum atomic E-state index is -1.52. The molecule has 4 rings (SSSR count). The van der Waals surface area contributed by atoms with Crippen molar-refractivity contribution in [1.82, 2.24) is 40.6 Å². The van der Waals surface area contributed by atoms with Gasteiger partial charge in [-0.05, 0) is 0 Å². The molecule has 2 fully saturated rings. The van der Waals surface area contributed by atoms with Crippen molar-refractivity contribution in [3.05, 3.63) is 23.8 Å². The summed E-state index contributed by atoms with van der Waals surface area (Å²) in [5.74, 6) is -1.10. The van der Waals surface area contributed by atoms with Crippen LogP contribution in [0.25, 0.3) is 0 Å². The summed E-state index contributed by atoms with van der Waals surface area (Å²) in [6.45, 7) is -1.29. The van der Waals surface area contributed by atoms with Crippen LogP contribution in [0.3, 0.4) is 0 Å². The normalized spacial score (nSPS) is 35.0. The van der Waals surface area contributed by atoms with E-state index in [1.54, 1.807) is 0 Å². The van der Waals surface area contributed by atoms with E-state index >= 15 is 0 Å². The van der Waals surface area contributed by atoms with Crippen molar-refractivity contribution in [3.63, 3.8) is 0 Å². The zero-order valence-corrected chi connectivity index (χ0v) is 21.6. The highest BCUT2D eigenvalue weighted by Crippen LogP contribution is 2.41. The fourth-order valence-corrected chi connectivity index (χ4v) is 5.75. The number of nitrogens with zero attached hydrogens (tertiary/aromatic N) is 6. The first kappa shape index (κ1) is 29.2. The van der Waals surface area contributed by atoms with Crippen molar-refractivity contribution in [3.8, 4) is 0 Å². The molecule has 0 saturated carbocycles. The van der Waals surface area contributed by atoms with Gasteiger partial charge in [-0.25, -0.2) is 9.36 Å². The van der Waals surface area contributed by atoms with Crippen molar-refractivity contribution in [2.45, 2.75) is 59.6 Å². The van der Waals surface area contributed by atoms with Gasteiger partial charge >= 0.3 is 0 Å². The Hall–Kier alpha value is -2.75. The molecule has 0 bridgehead atoms. The molecular weight excluding hydrogens is 544 g/mol. The third-order valence-electron chi connectivity index (χ3n) is 6.52. The number of carbonyl (C=O) groups excluding carboxylic acids is 2. The Labute approximate surface area is 224 Å². The number of ether oxygens (including phenoxy) is 2. The lowest BCUT2D eigenvalue weighted by molar-refractivity contribution is -0.189. The van der Waals surface area contributed by atoms with Gasteiger partial charge in [-0.1, -0.05) is 22.2 Å². The van der Waals surface area contributed by atoms with Crippen molar-refractivity contribution >= 4 is 23.6 Å². The van der Waals surface area contributed by atoms with Gasteiger partial charge < -0.3 is 50.7 Å². The van der Waals surface area contributed by atoms with Crippen LogP contribution >= 0.6 is 11.8 Å². The quantitative estimate of drug-likeness (QED) is 0.147. The lowest BCUT2D eigenvalue weighted by Gasteiger charge is -2.46. The van der Waals surface area contributed by atoms with Gasteiger partial charge in [0.25, 0.3) is 11.8 Å². The summed E-state index contributed by atoms with van der Waals surface area (Å²) < 4.78 is 13.5. The van der Waals surface area contributed by atoms with E-state index in [2.05, 4.69) is 31.3 Å². The topological polar surface area (TPSA) is 259 Å². The highest BCUT2D eigenvalue weighted by molar-refractivity contribution is 8.00. The maximum atomic E-state index is 11.9.